The van der Waals surface area contributed by atoms with E-state index in [1.807, 2.05) is 37.3 Å². The summed E-state index contributed by atoms with van der Waals surface area (Å²) in [7, 11) is 0. The highest BCUT2D eigenvalue weighted by Crippen LogP contribution is 2.33. The van der Waals surface area contributed by atoms with Crippen molar-refractivity contribution in [3.05, 3.63) is 47.6 Å². The number of aliphatic hydroxyl groups is 1. The molecule has 112 valence electrons. The van der Waals surface area contributed by atoms with Gasteiger partial charge in [-0.3, -0.25) is 0 Å². The molecule has 5 nitrogen and oxygen atoms in total. The first kappa shape index (κ1) is 14.6. The molecule has 21 heavy (non-hydrogen) atoms. The van der Waals surface area contributed by atoms with Crippen molar-refractivity contribution in [1.29, 1.82) is 0 Å². The summed E-state index contributed by atoms with van der Waals surface area (Å²) in [6.07, 6.45) is -0.745. The molecule has 2 aromatic rings. The van der Waals surface area contributed by atoms with Gasteiger partial charge in [-0.1, -0.05) is 35.5 Å². The van der Waals surface area contributed by atoms with Crippen LogP contribution in [0.2, 0.25) is 0 Å². The Hall–Kier alpha value is -1.37. The van der Waals surface area contributed by atoms with Crippen LogP contribution >= 0.6 is 11.8 Å². The summed E-state index contributed by atoms with van der Waals surface area (Å²) in [4.78, 5) is 4.46. The first-order valence-corrected chi connectivity index (χ1v) is 8.21. The van der Waals surface area contributed by atoms with Crippen molar-refractivity contribution in [3.8, 4) is 0 Å². The van der Waals surface area contributed by atoms with Crippen molar-refractivity contribution >= 4 is 11.8 Å². The van der Waals surface area contributed by atoms with Crippen LogP contribution in [-0.2, 0) is 4.74 Å². The summed E-state index contributed by atoms with van der Waals surface area (Å²) in [5, 5.41) is 14.0. The molecule has 0 spiro atoms. The van der Waals surface area contributed by atoms with Gasteiger partial charge in [0, 0.05) is 18.1 Å². The average Bonchev–Trinajstić information content (AvgIpc) is 3.14. The predicted molar refractivity (Wildman–Crippen MR) is 80.3 cm³/mol. The molecule has 0 amide bonds. The van der Waals surface area contributed by atoms with Gasteiger partial charge in [0.25, 0.3) is 0 Å². The quantitative estimate of drug-likeness (QED) is 0.915. The van der Waals surface area contributed by atoms with Crippen LogP contribution in [0.25, 0.3) is 0 Å². The number of benzene rings is 1. The van der Waals surface area contributed by atoms with Crippen LogP contribution in [0.5, 0.6) is 0 Å². The lowest BCUT2D eigenvalue weighted by atomic mass is 10.1. The third-order valence-electron chi connectivity index (χ3n) is 3.50. The van der Waals surface area contributed by atoms with Crippen molar-refractivity contribution in [2.24, 2.45) is 0 Å². The Balaban J connectivity index is 1.85. The number of rotatable bonds is 5. The number of hydrogen-bond acceptors (Lipinski definition) is 6. The second kappa shape index (κ2) is 6.60. The third kappa shape index (κ3) is 3.12. The van der Waals surface area contributed by atoms with Gasteiger partial charge < -0.3 is 14.4 Å². The lowest BCUT2D eigenvalue weighted by molar-refractivity contribution is 0.0833. The molecule has 3 atom stereocenters. The van der Waals surface area contributed by atoms with Gasteiger partial charge in [0.2, 0.25) is 11.7 Å². The Morgan fingerprint density at radius 1 is 1.38 bits per heavy atom. The SMILES string of the molecule is CCOC(c1ccccc1)c1noc(C2CSCC2O)n1. The fraction of sp³-hybridized carbons (Fsp3) is 0.467. The summed E-state index contributed by atoms with van der Waals surface area (Å²) in [5.74, 6) is 2.48. The van der Waals surface area contributed by atoms with E-state index in [1.165, 1.54) is 0 Å². The van der Waals surface area contributed by atoms with Crippen molar-refractivity contribution in [1.82, 2.24) is 10.1 Å². The number of nitrogens with zero attached hydrogens (tertiary/aromatic N) is 2. The number of aromatic nitrogens is 2. The van der Waals surface area contributed by atoms with Gasteiger partial charge in [-0.15, -0.1) is 0 Å². The standard InChI is InChI=1S/C15H18N2O3S/c1-2-19-13(10-6-4-3-5-7-10)14-16-15(20-17-14)11-8-21-9-12(11)18/h3-7,11-13,18H,2,8-9H2,1H3. The summed E-state index contributed by atoms with van der Waals surface area (Å²) < 4.78 is 11.1. The van der Waals surface area contributed by atoms with E-state index in [0.29, 0.717) is 18.3 Å². The minimum absolute atomic E-state index is 0.0747. The Morgan fingerprint density at radius 3 is 2.86 bits per heavy atom. The van der Waals surface area contributed by atoms with Gasteiger partial charge in [-0.05, 0) is 12.5 Å². The fourth-order valence-corrected chi connectivity index (χ4v) is 3.63. The molecule has 1 aliphatic heterocycles. The van der Waals surface area contributed by atoms with Crippen LogP contribution in [0.15, 0.2) is 34.9 Å². The van der Waals surface area contributed by atoms with Crippen molar-refractivity contribution < 1.29 is 14.4 Å². The molecule has 1 N–H and O–H groups in total. The zero-order valence-electron chi connectivity index (χ0n) is 11.8. The molecule has 2 heterocycles. The highest BCUT2D eigenvalue weighted by molar-refractivity contribution is 7.99. The van der Waals surface area contributed by atoms with Crippen molar-refractivity contribution in [2.75, 3.05) is 18.1 Å². The Labute approximate surface area is 127 Å². The highest BCUT2D eigenvalue weighted by Gasteiger charge is 2.33. The zero-order chi connectivity index (χ0) is 14.7. The van der Waals surface area contributed by atoms with E-state index in [1.54, 1.807) is 11.8 Å². The second-order valence-corrected chi connectivity index (χ2v) is 6.02. The predicted octanol–water partition coefficient (Wildman–Crippen LogP) is 2.39. The van der Waals surface area contributed by atoms with Crippen LogP contribution in [0, 0.1) is 0 Å². The van der Waals surface area contributed by atoms with Crippen LogP contribution in [0.1, 0.15) is 36.2 Å². The van der Waals surface area contributed by atoms with E-state index < -0.39 is 6.10 Å². The third-order valence-corrected chi connectivity index (χ3v) is 4.67. The molecule has 1 aromatic heterocycles. The van der Waals surface area contributed by atoms with Gasteiger partial charge >= 0.3 is 0 Å². The number of hydrogen-bond donors (Lipinski definition) is 1. The largest absolute Gasteiger partial charge is 0.391 e. The summed E-state index contributed by atoms with van der Waals surface area (Å²) in [5.41, 5.74) is 0.994. The maximum absolute atomic E-state index is 9.93. The van der Waals surface area contributed by atoms with E-state index in [2.05, 4.69) is 10.1 Å². The summed E-state index contributed by atoms with van der Waals surface area (Å²) in [6, 6.07) is 9.84. The molecule has 1 aromatic carbocycles. The first-order valence-electron chi connectivity index (χ1n) is 7.05. The minimum Gasteiger partial charge on any atom is -0.391 e. The number of thioether (sulfide) groups is 1. The molecular weight excluding hydrogens is 288 g/mol. The van der Waals surface area contributed by atoms with Crippen LogP contribution in [0.3, 0.4) is 0 Å². The molecule has 0 bridgehead atoms. The fourth-order valence-electron chi connectivity index (χ4n) is 2.40. The lowest BCUT2D eigenvalue weighted by Gasteiger charge is -2.13. The number of aliphatic hydroxyl groups excluding tert-OH is 1. The van der Waals surface area contributed by atoms with E-state index in [0.717, 1.165) is 17.1 Å². The molecule has 3 unspecified atom stereocenters. The highest BCUT2D eigenvalue weighted by atomic mass is 32.2. The van der Waals surface area contributed by atoms with Gasteiger partial charge in [-0.2, -0.15) is 16.7 Å². The summed E-state index contributed by atoms with van der Waals surface area (Å²) >= 11 is 1.70. The molecule has 1 fully saturated rings. The number of ether oxygens (including phenoxy) is 1. The molecule has 1 aliphatic rings. The van der Waals surface area contributed by atoms with Crippen LogP contribution in [0.4, 0.5) is 0 Å². The molecular formula is C15H18N2O3S. The maximum atomic E-state index is 9.93. The van der Waals surface area contributed by atoms with Gasteiger partial charge in [0.05, 0.1) is 12.0 Å². The van der Waals surface area contributed by atoms with Crippen LogP contribution in [-0.4, -0.2) is 39.5 Å². The molecule has 3 rings (SSSR count). The molecule has 6 heteroatoms. The second-order valence-electron chi connectivity index (χ2n) is 4.95. The normalized spacial score (nSPS) is 23.3. The van der Waals surface area contributed by atoms with E-state index >= 15 is 0 Å². The molecule has 0 aliphatic carbocycles. The maximum Gasteiger partial charge on any atom is 0.233 e. The Bertz CT molecular complexity index is 575. The summed E-state index contributed by atoms with van der Waals surface area (Å²) in [6.45, 7) is 2.50. The molecule has 0 saturated carbocycles. The molecule has 0 radical (unpaired) electrons. The first-order chi connectivity index (χ1) is 10.3. The lowest BCUT2D eigenvalue weighted by Crippen LogP contribution is -2.16. The van der Waals surface area contributed by atoms with Gasteiger partial charge in [0.15, 0.2) is 0 Å². The van der Waals surface area contributed by atoms with E-state index in [-0.39, 0.29) is 12.0 Å². The van der Waals surface area contributed by atoms with Crippen molar-refractivity contribution in [3.63, 3.8) is 0 Å². The smallest absolute Gasteiger partial charge is 0.233 e. The van der Waals surface area contributed by atoms with Crippen LogP contribution < -0.4 is 0 Å². The topological polar surface area (TPSA) is 68.4 Å². The van der Waals surface area contributed by atoms with E-state index in [9.17, 15) is 5.11 Å². The van der Waals surface area contributed by atoms with Crippen molar-refractivity contribution in [2.45, 2.75) is 25.0 Å². The minimum atomic E-state index is -0.412. The van der Waals surface area contributed by atoms with E-state index in [4.69, 9.17) is 9.26 Å². The average molecular weight is 306 g/mol. The van der Waals surface area contributed by atoms with Gasteiger partial charge in [0.1, 0.15) is 6.10 Å². The zero-order valence-corrected chi connectivity index (χ0v) is 12.6. The van der Waals surface area contributed by atoms with Gasteiger partial charge in [-0.25, -0.2) is 0 Å². The Morgan fingerprint density at radius 2 is 2.19 bits per heavy atom. The monoisotopic (exact) mass is 306 g/mol. The molecule has 1 saturated heterocycles. The Kier molecular flexibility index (Phi) is 4.57.